The number of para-hydroxylation sites is 1. The predicted octanol–water partition coefficient (Wildman–Crippen LogP) is 2.43. The first kappa shape index (κ1) is 22.7. The van der Waals surface area contributed by atoms with E-state index in [2.05, 4.69) is 37.6 Å². The molecule has 3 aromatic rings. The Balaban J connectivity index is 1.20. The van der Waals surface area contributed by atoms with E-state index >= 15 is 0 Å². The number of aromatic nitrogens is 1. The van der Waals surface area contributed by atoms with Crippen molar-refractivity contribution in [2.45, 2.75) is 6.04 Å². The van der Waals surface area contributed by atoms with Crippen LogP contribution >= 0.6 is 0 Å². The largest absolute Gasteiger partial charge is 0.454 e. The van der Waals surface area contributed by atoms with Crippen molar-refractivity contribution in [2.24, 2.45) is 0 Å². The zero-order valence-electron chi connectivity index (χ0n) is 19.2. The van der Waals surface area contributed by atoms with Crippen LogP contribution in [-0.2, 0) is 9.59 Å². The Morgan fingerprint density at radius 2 is 1.71 bits per heavy atom. The quantitative estimate of drug-likeness (QED) is 0.531. The molecule has 0 unspecified atom stereocenters. The van der Waals surface area contributed by atoms with Gasteiger partial charge in [0.15, 0.2) is 11.5 Å². The fourth-order valence-corrected chi connectivity index (χ4v) is 4.39. The summed E-state index contributed by atoms with van der Waals surface area (Å²) in [7, 11) is 0. The van der Waals surface area contributed by atoms with Crippen LogP contribution in [0.15, 0.2) is 73.1 Å². The monoisotopic (exact) mass is 473 g/mol. The number of rotatable bonds is 6. The van der Waals surface area contributed by atoms with E-state index in [-0.39, 0.29) is 12.8 Å². The maximum Gasteiger partial charge on any atom is 0.313 e. The zero-order valence-corrected chi connectivity index (χ0v) is 19.2. The van der Waals surface area contributed by atoms with Crippen LogP contribution in [-0.4, -0.2) is 61.2 Å². The Hall–Kier alpha value is -4.11. The number of nitrogens with one attached hydrogen (secondary N) is 2. The van der Waals surface area contributed by atoms with Gasteiger partial charge in [-0.2, -0.15) is 0 Å². The topological polar surface area (TPSA) is 96.0 Å². The maximum atomic E-state index is 12.6. The van der Waals surface area contributed by atoms with E-state index in [1.54, 1.807) is 24.4 Å². The van der Waals surface area contributed by atoms with Gasteiger partial charge in [-0.3, -0.25) is 19.5 Å². The number of carbonyl (C=O) groups is 2. The third kappa shape index (κ3) is 5.36. The molecule has 35 heavy (non-hydrogen) atoms. The van der Waals surface area contributed by atoms with Crippen molar-refractivity contribution < 1.29 is 19.1 Å². The van der Waals surface area contributed by atoms with E-state index in [4.69, 9.17) is 9.47 Å². The van der Waals surface area contributed by atoms with Crippen molar-refractivity contribution in [3.63, 3.8) is 0 Å². The summed E-state index contributed by atoms with van der Waals surface area (Å²) in [6.45, 7) is 3.84. The molecule has 1 saturated heterocycles. The molecule has 2 aliphatic rings. The molecule has 2 amide bonds. The lowest BCUT2D eigenvalue weighted by Crippen LogP contribution is -2.50. The highest BCUT2D eigenvalue weighted by molar-refractivity contribution is 6.39. The molecule has 3 heterocycles. The number of anilines is 2. The summed E-state index contributed by atoms with van der Waals surface area (Å²) >= 11 is 0. The lowest BCUT2D eigenvalue weighted by molar-refractivity contribution is -0.136. The van der Waals surface area contributed by atoms with Crippen LogP contribution in [0, 0.1) is 0 Å². The van der Waals surface area contributed by atoms with Crippen LogP contribution in [0.1, 0.15) is 11.6 Å². The van der Waals surface area contributed by atoms with Crippen molar-refractivity contribution in [3.05, 3.63) is 78.6 Å². The molecule has 0 radical (unpaired) electrons. The summed E-state index contributed by atoms with van der Waals surface area (Å²) in [6, 6.07) is 19.1. The molecule has 9 nitrogen and oxygen atoms in total. The lowest BCUT2D eigenvalue weighted by Gasteiger charge is -2.40. The molecule has 2 aliphatic heterocycles. The Morgan fingerprint density at radius 1 is 0.914 bits per heavy atom. The first-order valence-corrected chi connectivity index (χ1v) is 11.6. The minimum Gasteiger partial charge on any atom is -0.454 e. The van der Waals surface area contributed by atoms with Gasteiger partial charge in [0.05, 0.1) is 6.04 Å². The second-order valence-electron chi connectivity index (χ2n) is 8.39. The third-order valence-corrected chi connectivity index (χ3v) is 6.24. The smallest absolute Gasteiger partial charge is 0.313 e. The van der Waals surface area contributed by atoms with Gasteiger partial charge in [-0.15, -0.1) is 0 Å². The summed E-state index contributed by atoms with van der Waals surface area (Å²) in [5.41, 5.74) is 2.67. The number of piperazine rings is 1. The number of carbonyl (C=O) groups excluding carboxylic acids is 2. The molecule has 2 N–H and O–H groups in total. The number of benzene rings is 2. The number of fused-ring (bicyclic) bond motifs is 1. The van der Waals surface area contributed by atoms with Crippen LogP contribution in [0.5, 0.6) is 11.5 Å². The molecule has 1 aromatic heterocycles. The lowest BCUT2D eigenvalue weighted by atomic mass is 10.1. The second kappa shape index (κ2) is 10.4. The molecule has 0 bridgehead atoms. The number of hydrogen-bond acceptors (Lipinski definition) is 7. The van der Waals surface area contributed by atoms with Gasteiger partial charge in [-0.25, -0.2) is 0 Å². The zero-order chi connectivity index (χ0) is 24.0. The first-order valence-electron chi connectivity index (χ1n) is 11.6. The summed E-state index contributed by atoms with van der Waals surface area (Å²) in [6.07, 6.45) is 3.54. The van der Waals surface area contributed by atoms with Crippen molar-refractivity contribution in [1.29, 1.82) is 0 Å². The second-order valence-corrected chi connectivity index (χ2v) is 8.39. The Labute approximate surface area is 203 Å². The fourth-order valence-electron chi connectivity index (χ4n) is 4.39. The SMILES string of the molecule is O=C(NC[C@@H](c1cccnc1)N1CCN(c2ccccc2)CC1)C(=O)Nc1ccc2c(c1)OCO2. The number of amides is 2. The van der Waals surface area contributed by atoms with E-state index in [0.29, 0.717) is 23.7 Å². The minimum absolute atomic E-state index is 0.0936. The highest BCUT2D eigenvalue weighted by Gasteiger charge is 2.27. The van der Waals surface area contributed by atoms with Crippen LogP contribution in [0.25, 0.3) is 0 Å². The third-order valence-electron chi connectivity index (χ3n) is 6.24. The molecule has 1 fully saturated rings. The molecule has 9 heteroatoms. The molecule has 1 atom stereocenters. The predicted molar refractivity (Wildman–Crippen MR) is 131 cm³/mol. The van der Waals surface area contributed by atoms with Crippen molar-refractivity contribution in [2.75, 3.05) is 49.7 Å². The molecular weight excluding hydrogens is 446 g/mol. The summed E-state index contributed by atoms with van der Waals surface area (Å²) in [5, 5.41) is 5.42. The fraction of sp³-hybridized carbons (Fsp3) is 0.269. The molecule has 0 aliphatic carbocycles. The van der Waals surface area contributed by atoms with E-state index in [0.717, 1.165) is 31.7 Å². The van der Waals surface area contributed by atoms with E-state index in [9.17, 15) is 9.59 Å². The van der Waals surface area contributed by atoms with Crippen LogP contribution in [0.3, 0.4) is 0 Å². The summed E-state index contributed by atoms with van der Waals surface area (Å²) < 4.78 is 10.6. The minimum atomic E-state index is -0.734. The van der Waals surface area contributed by atoms with Gasteiger partial charge in [-0.1, -0.05) is 24.3 Å². The molecule has 5 rings (SSSR count). The van der Waals surface area contributed by atoms with Gasteiger partial charge in [0, 0.05) is 62.6 Å². The van der Waals surface area contributed by atoms with E-state index < -0.39 is 11.8 Å². The highest BCUT2D eigenvalue weighted by atomic mass is 16.7. The number of nitrogens with zero attached hydrogens (tertiary/aromatic N) is 3. The molecule has 2 aromatic carbocycles. The number of pyridine rings is 1. The average Bonchev–Trinajstić information content (AvgIpc) is 3.38. The van der Waals surface area contributed by atoms with Gasteiger partial charge in [-0.05, 0) is 35.9 Å². The number of ether oxygens (including phenoxy) is 2. The van der Waals surface area contributed by atoms with Crippen LogP contribution in [0.2, 0.25) is 0 Å². The highest BCUT2D eigenvalue weighted by Crippen LogP contribution is 2.34. The Kier molecular flexibility index (Phi) is 6.76. The van der Waals surface area contributed by atoms with Gasteiger partial charge in [0.2, 0.25) is 6.79 Å². The standard InChI is InChI=1S/C26H27N5O4/c32-25(26(33)29-20-8-9-23-24(15-20)35-18-34-23)28-17-22(19-5-4-10-27-16-19)31-13-11-30(12-14-31)21-6-2-1-3-7-21/h1-10,15-16,22H,11-14,17-18H2,(H,28,32)(H,29,33)/t22-/m0/s1. The normalized spacial score (nSPS) is 15.9. The van der Waals surface area contributed by atoms with Crippen molar-refractivity contribution >= 4 is 23.2 Å². The van der Waals surface area contributed by atoms with E-state index in [1.165, 1.54) is 5.69 Å². The van der Waals surface area contributed by atoms with Gasteiger partial charge in [0.25, 0.3) is 0 Å². The first-order chi connectivity index (χ1) is 17.2. The van der Waals surface area contributed by atoms with Gasteiger partial charge in [0.1, 0.15) is 0 Å². The van der Waals surface area contributed by atoms with Crippen molar-refractivity contribution in [3.8, 4) is 11.5 Å². The van der Waals surface area contributed by atoms with Gasteiger partial charge < -0.3 is 25.0 Å². The van der Waals surface area contributed by atoms with Gasteiger partial charge >= 0.3 is 11.8 Å². The Bertz CT molecular complexity index is 1170. The summed E-state index contributed by atoms with van der Waals surface area (Å²) in [5.74, 6) is -0.282. The van der Waals surface area contributed by atoms with Crippen LogP contribution < -0.4 is 25.0 Å². The van der Waals surface area contributed by atoms with Crippen LogP contribution in [0.4, 0.5) is 11.4 Å². The molecule has 0 saturated carbocycles. The molecular formula is C26H27N5O4. The molecule has 180 valence electrons. The van der Waals surface area contributed by atoms with E-state index in [1.807, 2.05) is 36.5 Å². The maximum absolute atomic E-state index is 12.6. The molecule has 0 spiro atoms. The number of hydrogen-bond donors (Lipinski definition) is 2. The van der Waals surface area contributed by atoms with Crippen molar-refractivity contribution in [1.82, 2.24) is 15.2 Å². The summed E-state index contributed by atoms with van der Waals surface area (Å²) in [4.78, 5) is 34.1. The average molecular weight is 474 g/mol. The Morgan fingerprint density at radius 3 is 2.49 bits per heavy atom.